The van der Waals surface area contributed by atoms with Crippen LogP contribution < -0.4 is 5.56 Å². The van der Waals surface area contributed by atoms with E-state index < -0.39 is 0 Å². The number of aromatic hydroxyl groups is 2. The van der Waals surface area contributed by atoms with Gasteiger partial charge in [0.2, 0.25) is 0 Å². The minimum absolute atomic E-state index is 0.0417. The van der Waals surface area contributed by atoms with Crippen LogP contribution in [0.3, 0.4) is 0 Å². The van der Waals surface area contributed by atoms with E-state index in [9.17, 15) is 15.0 Å². The van der Waals surface area contributed by atoms with Crippen LogP contribution in [-0.2, 0) is 7.05 Å². The summed E-state index contributed by atoms with van der Waals surface area (Å²) < 4.78 is 2.01. The Morgan fingerprint density at radius 3 is 1.62 bits per heavy atom. The maximum Gasteiger partial charge on any atom is 0.261 e. The number of phenolic OH excluding ortho intramolecular Hbond substituents is 2. The van der Waals surface area contributed by atoms with Crippen molar-refractivity contribution in [3.8, 4) is 11.5 Å². The fraction of sp³-hybridized carbons (Fsp3) is 0.167. The summed E-state index contributed by atoms with van der Waals surface area (Å²) in [5.41, 5.74) is 2.24. The molecule has 3 aromatic rings. The summed E-state index contributed by atoms with van der Waals surface area (Å²) in [4.78, 5) is 10.5. The minimum atomic E-state index is -0.0417. The van der Waals surface area contributed by atoms with Crippen LogP contribution in [0.2, 0.25) is 4.34 Å². The molecule has 2 N–H and O–H groups in total. The second-order valence-electron chi connectivity index (χ2n) is 5.28. The van der Waals surface area contributed by atoms with Crippen molar-refractivity contribution in [3.05, 3.63) is 80.4 Å². The zero-order valence-electron chi connectivity index (χ0n) is 13.3. The van der Waals surface area contributed by atoms with Crippen molar-refractivity contribution in [1.82, 2.24) is 3.96 Å². The average Bonchev–Trinajstić information content (AvgIpc) is 2.85. The second-order valence-corrected chi connectivity index (χ2v) is 7.08. The van der Waals surface area contributed by atoms with E-state index in [1.54, 1.807) is 31.3 Å². The van der Waals surface area contributed by atoms with E-state index in [0.717, 1.165) is 11.1 Å². The van der Waals surface area contributed by atoms with Crippen molar-refractivity contribution in [2.24, 2.45) is 7.05 Å². The molecule has 4 nitrogen and oxygen atoms in total. The maximum absolute atomic E-state index is 10.5. The molecular formula is C18H18ClNO3S. The third-order valence-electron chi connectivity index (χ3n) is 3.56. The smallest absolute Gasteiger partial charge is 0.261 e. The average molecular weight is 364 g/mol. The van der Waals surface area contributed by atoms with E-state index in [0.29, 0.717) is 4.34 Å². The number of halogens is 1. The monoisotopic (exact) mass is 363 g/mol. The first kappa shape index (κ1) is 18.1. The molecule has 24 heavy (non-hydrogen) atoms. The van der Waals surface area contributed by atoms with Gasteiger partial charge in [0, 0.05) is 19.0 Å². The Balaban J connectivity index is 0.000000219. The van der Waals surface area contributed by atoms with Crippen molar-refractivity contribution in [2.75, 3.05) is 0 Å². The van der Waals surface area contributed by atoms with Crippen LogP contribution in [0.15, 0.2) is 59.4 Å². The lowest BCUT2D eigenvalue weighted by atomic mass is 9.93. The first-order valence-electron chi connectivity index (χ1n) is 7.27. The highest BCUT2D eigenvalue weighted by Crippen LogP contribution is 2.26. The number of benzene rings is 2. The molecule has 0 atom stereocenters. The molecule has 1 heterocycles. The Kier molecular flexibility index (Phi) is 6.06. The molecule has 0 aliphatic carbocycles. The normalized spacial score (nSPS) is 10.3. The van der Waals surface area contributed by atoms with Gasteiger partial charge in [0.15, 0.2) is 0 Å². The Bertz CT molecular complexity index is 792. The zero-order valence-corrected chi connectivity index (χ0v) is 14.9. The topological polar surface area (TPSA) is 62.5 Å². The van der Waals surface area contributed by atoms with E-state index in [1.807, 2.05) is 24.3 Å². The first-order valence-corrected chi connectivity index (χ1v) is 8.42. The van der Waals surface area contributed by atoms with Crippen LogP contribution >= 0.6 is 23.1 Å². The summed E-state index contributed by atoms with van der Waals surface area (Å²) in [6.45, 7) is 2.10. The van der Waals surface area contributed by atoms with E-state index in [4.69, 9.17) is 11.6 Å². The molecule has 0 unspecified atom stereocenters. The molecular weight excluding hydrogens is 346 g/mol. The third-order valence-corrected chi connectivity index (χ3v) is 4.62. The molecule has 0 amide bonds. The number of hydrogen-bond acceptors (Lipinski definition) is 4. The molecule has 2 aromatic carbocycles. The summed E-state index contributed by atoms with van der Waals surface area (Å²) in [6.07, 6.45) is 0. The van der Waals surface area contributed by atoms with Crippen LogP contribution in [0.5, 0.6) is 11.5 Å². The van der Waals surface area contributed by atoms with Gasteiger partial charge in [-0.05, 0) is 46.9 Å². The molecule has 0 fully saturated rings. The number of aryl methyl sites for hydroxylation is 1. The minimum Gasteiger partial charge on any atom is -0.508 e. The van der Waals surface area contributed by atoms with Gasteiger partial charge in [-0.3, -0.25) is 8.75 Å². The highest BCUT2D eigenvalue weighted by atomic mass is 35.5. The van der Waals surface area contributed by atoms with Gasteiger partial charge in [0.25, 0.3) is 5.56 Å². The van der Waals surface area contributed by atoms with Crippen molar-refractivity contribution < 1.29 is 10.2 Å². The van der Waals surface area contributed by atoms with Crippen LogP contribution in [0.4, 0.5) is 0 Å². The fourth-order valence-corrected chi connectivity index (χ4v) is 3.07. The third kappa shape index (κ3) is 4.88. The lowest BCUT2D eigenvalue weighted by Crippen LogP contribution is -2.05. The van der Waals surface area contributed by atoms with Gasteiger partial charge in [-0.25, -0.2) is 0 Å². The number of nitrogens with zero attached hydrogens (tertiary/aromatic N) is 1. The van der Waals surface area contributed by atoms with Crippen molar-refractivity contribution in [2.45, 2.75) is 12.8 Å². The van der Waals surface area contributed by atoms with Crippen LogP contribution in [0.25, 0.3) is 0 Å². The molecule has 0 radical (unpaired) electrons. The lowest BCUT2D eigenvalue weighted by molar-refractivity contribution is 0.475. The SMILES string of the molecule is CC(c1ccc(O)cc1)c1ccc(O)cc1.Cn1sc(Cl)cc1=O. The largest absolute Gasteiger partial charge is 0.508 e. The highest BCUT2D eigenvalue weighted by Gasteiger charge is 2.07. The predicted molar refractivity (Wildman–Crippen MR) is 98.3 cm³/mol. The fourth-order valence-electron chi connectivity index (χ4n) is 2.11. The molecule has 1 aromatic heterocycles. The van der Waals surface area contributed by atoms with E-state index in [2.05, 4.69) is 6.92 Å². The Morgan fingerprint density at radius 2 is 1.38 bits per heavy atom. The Labute approximate surface area is 149 Å². The molecule has 0 saturated heterocycles. The van der Waals surface area contributed by atoms with Crippen LogP contribution in [0, 0.1) is 0 Å². The van der Waals surface area contributed by atoms with Crippen molar-refractivity contribution in [1.29, 1.82) is 0 Å². The summed E-state index contributed by atoms with van der Waals surface area (Å²) >= 11 is 6.70. The maximum atomic E-state index is 10.5. The van der Waals surface area contributed by atoms with Gasteiger partial charge in [-0.1, -0.05) is 42.8 Å². The van der Waals surface area contributed by atoms with Gasteiger partial charge in [-0.2, -0.15) is 0 Å². The quantitative estimate of drug-likeness (QED) is 0.711. The van der Waals surface area contributed by atoms with E-state index in [-0.39, 0.29) is 23.0 Å². The van der Waals surface area contributed by atoms with Gasteiger partial charge in [0.1, 0.15) is 15.8 Å². The molecule has 0 saturated carbocycles. The zero-order chi connectivity index (χ0) is 17.7. The van der Waals surface area contributed by atoms with E-state index in [1.165, 1.54) is 21.6 Å². The van der Waals surface area contributed by atoms with Crippen LogP contribution in [-0.4, -0.2) is 14.2 Å². The van der Waals surface area contributed by atoms with Gasteiger partial charge in [-0.15, -0.1) is 0 Å². The second kappa shape index (κ2) is 8.04. The molecule has 126 valence electrons. The first-order chi connectivity index (χ1) is 11.4. The lowest BCUT2D eigenvalue weighted by Gasteiger charge is -2.12. The van der Waals surface area contributed by atoms with Crippen molar-refractivity contribution >= 4 is 23.1 Å². The van der Waals surface area contributed by atoms with E-state index >= 15 is 0 Å². The highest BCUT2D eigenvalue weighted by molar-refractivity contribution is 7.11. The molecule has 3 rings (SSSR count). The Hall–Kier alpha value is -2.24. The number of rotatable bonds is 2. The van der Waals surface area contributed by atoms with Gasteiger partial charge in [0.05, 0.1) is 0 Å². The predicted octanol–water partition coefficient (Wildman–Crippen LogP) is 4.35. The molecule has 6 heteroatoms. The van der Waals surface area contributed by atoms with Crippen molar-refractivity contribution in [3.63, 3.8) is 0 Å². The van der Waals surface area contributed by atoms with Crippen LogP contribution in [0.1, 0.15) is 24.0 Å². The Morgan fingerprint density at radius 1 is 0.958 bits per heavy atom. The van der Waals surface area contributed by atoms with Gasteiger partial charge < -0.3 is 10.2 Å². The molecule has 0 bridgehead atoms. The number of aromatic nitrogens is 1. The molecule has 0 spiro atoms. The summed E-state index contributed by atoms with van der Waals surface area (Å²) in [5, 5.41) is 18.4. The van der Waals surface area contributed by atoms with Gasteiger partial charge >= 0.3 is 0 Å². The number of hydrogen-bond donors (Lipinski definition) is 2. The summed E-state index contributed by atoms with van der Waals surface area (Å²) in [6, 6.07) is 15.8. The molecule has 0 aliphatic heterocycles. The summed E-state index contributed by atoms with van der Waals surface area (Å²) in [5.74, 6) is 0.810. The number of phenols is 2. The molecule has 0 aliphatic rings. The summed E-state index contributed by atoms with van der Waals surface area (Å²) in [7, 11) is 1.68. The standard InChI is InChI=1S/C14H14O2.C4H4ClNOS/c1-10(11-2-6-13(15)7-3-11)12-4-8-14(16)9-5-12;1-6-4(7)2-3(5)8-6/h2-10,15-16H,1H3;2H,1H3.